The van der Waals surface area contributed by atoms with Crippen molar-refractivity contribution in [3.8, 4) is 0 Å². The predicted molar refractivity (Wildman–Crippen MR) is 66.1 cm³/mol. The van der Waals surface area contributed by atoms with E-state index in [0.717, 1.165) is 18.4 Å². The van der Waals surface area contributed by atoms with Gasteiger partial charge in [-0.15, -0.1) is 0 Å². The minimum absolute atomic E-state index is 0.0842. The molecule has 0 aromatic carbocycles. The van der Waals surface area contributed by atoms with Crippen LogP contribution in [-0.4, -0.2) is 17.0 Å². The van der Waals surface area contributed by atoms with Gasteiger partial charge in [0.2, 0.25) is 0 Å². The molecule has 0 aromatic rings. The number of hydrogen-bond donors (Lipinski definition) is 1. The van der Waals surface area contributed by atoms with Gasteiger partial charge in [-0.25, -0.2) is 0 Å². The molecule has 1 aliphatic carbocycles. The second-order valence-corrected chi connectivity index (χ2v) is 5.27. The lowest BCUT2D eigenvalue weighted by Crippen LogP contribution is -2.35. The molecule has 90 valence electrons. The maximum Gasteiger partial charge on any atom is 0.155 e. The van der Waals surface area contributed by atoms with E-state index in [-0.39, 0.29) is 17.1 Å². The summed E-state index contributed by atoms with van der Waals surface area (Å²) >= 11 is 0. The van der Waals surface area contributed by atoms with Gasteiger partial charge in [0.15, 0.2) is 5.78 Å². The van der Waals surface area contributed by atoms with Crippen molar-refractivity contribution in [3.05, 3.63) is 24.3 Å². The Kier molecular flexibility index (Phi) is 4.09. The molecule has 0 aliphatic heterocycles. The molecule has 0 unspecified atom stereocenters. The van der Waals surface area contributed by atoms with Crippen LogP contribution in [0.15, 0.2) is 24.3 Å². The molecule has 1 rings (SSSR count). The molecule has 0 amide bonds. The van der Waals surface area contributed by atoms with Crippen LogP contribution in [0, 0.1) is 11.3 Å². The smallest absolute Gasteiger partial charge is 0.155 e. The van der Waals surface area contributed by atoms with E-state index in [1.807, 2.05) is 13.0 Å². The first-order chi connectivity index (χ1) is 7.38. The van der Waals surface area contributed by atoms with Crippen LogP contribution >= 0.6 is 0 Å². The fraction of sp³-hybridized carbons (Fsp3) is 0.643. The van der Waals surface area contributed by atoms with Gasteiger partial charge in [0.1, 0.15) is 0 Å². The molecular weight excluding hydrogens is 200 g/mol. The lowest BCUT2D eigenvalue weighted by molar-refractivity contribution is -0.114. The Bertz CT molecular complexity index is 313. The van der Waals surface area contributed by atoms with Gasteiger partial charge in [0, 0.05) is 12.3 Å². The zero-order valence-corrected chi connectivity index (χ0v) is 10.5. The quantitative estimate of drug-likeness (QED) is 0.589. The number of carbonyl (C=O) groups excluding carboxylic acids is 1. The summed E-state index contributed by atoms with van der Waals surface area (Å²) in [5, 5.41) is 9.78. The van der Waals surface area contributed by atoms with Crippen LogP contribution in [0.1, 0.15) is 40.0 Å². The molecule has 1 fully saturated rings. The highest BCUT2D eigenvalue weighted by molar-refractivity contribution is 5.89. The molecular formula is C14H22O2. The SMILES string of the molecule is C=C1[C@@H](O)CCC(C)(C)[C@H]1/C=C/C(=O)CC. The minimum atomic E-state index is -0.417. The number of hydrogen-bond acceptors (Lipinski definition) is 2. The average molecular weight is 222 g/mol. The van der Waals surface area contributed by atoms with Gasteiger partial charge in [-0.05, 0) is 29.9 Å². The van der Waals surface area contributed by atoms with Crippen molar-refractivity contribution < 1.29 is 9.90 Å². The third kappa shape index (κ3) is 2.82. The Labute approximate surface area is 98.1 Å². The Hall–Kier alpha value is -0.890. The fourth-order valence-corrected chi connectivity index (χ4v) is 2.26. The van der Waals surface area contributed by atoms with Crippen LogP contribution in [-0.2, 0) is 4.79 Å². The molecule has 0 spiro atoms. The topological polar surface area (TPSA) is 37.3 Å². The van der Waals surface area contributed by atoms with E-state index in [1.54, 1.807) is 6.08 Å². The third-order valence-corrected chi connectivity index (χ3v) is 3.55. The summed E-state index contributed by atoms with van der Waals surface area (Å²) in [7, 11) is 0. The third-order valence-electron chi connectivity index (χ3n) is 3.55. The van der Waals surface area contributed by atoms with Gasteiger partial charge < -0.3 is 5.11 Å². The molecule has 0 aromatic heterocycles. The standard InChI is InChI=1S/C14H22O2/c1-5-11(15)6-7-12-10(2)13(16)8-9-14(12,3)4/h6-7,12-13,16H,2,5,8-9H2,1,3-4H3/b7-6+/t12-,13-/m0/s1. The highest BCUT2D eigenvalue weighted by atomic mass is 16.3. The summed E-state index contributed by atoms with van der Waals surface area (Å²) in [6, 6.07) is 0. The molecule has 1 saturated carbocycles. The predicted octanol–water partition coefficient (Wildman–Crippen LogP) is 2.88. The molecule has 0 bridgehead atoms. The van der Waals surface area contributed by atoms with Crippen molar-refractivity contribution in [1.82, 2.24) is 0 Å². The summed E-state index contributed by atoms with van der Waals surface area (Å²) in [5.74, 6) is 0.232. The van der Waals surface area contributed by atoms with Crippen LogP contribution in [0.3, 0.4) is 0 Å². The summed E-state index contributed by atoms with van der Waals surface area (Å²) in [4.78, 5) is 11.3. The first-order valence-electron chi connectivity index (χ1n) is 5.96. The van der Waals surface area contributed by atoms with E-state index in [1.165, 1.54) is 0 Å². The second-order valence-electron chi connectivity index (χ2n) is 5.27. The molecule has 16 heavy (non-hydrogen) atoms. The molecule has 2 nitrogen and oxygen atoms in total. The highest BCUT2D eigenvalue weighted by Gasteiger charge is 2.36. The summed E-state index contributed by atoms with van der Waals surface area (Å²) in [6.45, 7) is 10.1. The van der Waals surface area contributed by atoms with E-state index in [0.29, 0.717) is 6.42 Å². The highest BCUT2D eigenvalue weighted by Crippen LogP contribution is 2.43. The van der Waals surface area contributed by atoms with Crippen molar-refractivity contribution in [2.45, 2.75) is 46.1 Å². The largest absolute Gasteiger partial charge is 0.389 e. The normalized spacial score (nSPS) is 29.6. The zero-order valence-electron chi connectivity index (χ0n) is 10.5. The lowest BCUT2D eigenvalue weighted by atomic mass is 9.65. The Morgan fingerprint density at radius 3 is 2.81 bits per heavy atom. The van der Waals surface area contributed by atoms with Gasteiger partial charge in [-0.1, -0.05) is 33.4 Å². The molecule has 1 N–H and O–H groups in total. The maximum atomic E-state index is 11.3. The summed E-state index contributed by atoms with van der Waals surface area (Å²) < 4.78 is 0. The number of aliphatic hydroxyl groups excluding tert-OH is 1. The van der Waals surface area contributed by atoms with Crippen LogP contribution in [0.25, 0.3) is 0 Å². The summed E-state index contributed by atoms with van der Waals surface area (Å²) in [5.41, 5.74) is 0.928. The van der Waals surface area contributed by atoms with Gasteiger partial charge in [0.05, 0.1) is 6.10 Å². The fourth-order valence-electron chi connectivity index (χ4n) is 2.26. The number of rotatable bonds is 3. The second kappa shape index (κ2) is 4.96. The van der Waals surface area contributed by atoms with Crippen molar-refractivity contribution in [3.63, 3.8) is 0 Å². The Morgan fingerprint density at radius 1 is 1.62 bits per heavy atom. The number of aliphatic hydroxyl groups is 1. The number of allylic oxidation sites excluding steroid dienone is 2. The van der Waals surface area contributed by atoms with E-state index in [9.17, 15) is 9.90 Å². The monoisotopic (exact) mass is 222 g/mol. The Balaban J connectivity index is 2.84. The zero-order chi connectivity index (χ0) is 12.3. The van der Waals surface area contributed by atoms with E-state index in [2.05, 4.69) is 20.4 Å². The van der Waals surface area contributed by atoms with Gasteiger partial charge in [-0.3, -0.25) is 4.79 Å². The van der Waals surface area contributed by atoms with E-state index in [4.69, 9.17) is 0 Å². The first-order valence-corrected chi connectivity index (χ1v) is 5.96. The molecule has 0 heterocycles. The molecule has 2 heteroatoms. The van der Waals surface area contributed by atoms with E-state index >= 15 is 0 Å². The van der Waals surface area contributed by atoms with Crippen LogP contribution in [0.5, 0.6) is 0 Å². The molecule has 0 radical (unpaired) electrons. The van der Waals surface area contributed by atoms with Crippen LogP contribution < -0.4 is 0 Å². The van der Waals surface area contributed by atoms with Gasteiger partial charge >= 0.3 is 0 Å². The van der Waals surface area contributed by atoms with Crippen molar-refractivity contribution in [2.24, 2.45) is 11.3 Å². The van der Waals surface area contributed by atoms with Crippen LogP contribution in [0.4, 0.5) is 0 Å². The Morgan fingerprint density at radius 2 is 2.25 bits per heavy atom. The van der Waals surface area contributed by atoms with E-state index < -0.39 is 6.10 Å². The molecule has 0 saturated heterocycles. The van der Waals surface area contributed by atoms with Gasteiger partial charge in [0.25, 0.3) is 0 Å². The van der Waals surface area contributed by atoms with Crippen molar-refractivity contribution >= 4 is 5.78 Å². The molecule has 1 aliphatic rings. The van der Waals surface area contributed by atoms with Gasteiger partial charge in [-0.2, -0.15) is 0 Å². The number of ketones is 1. The van der Waals surface area contributed by atoms with Crippen molar-refractivity contribution in [2.75, 3.05) is 0 Å². The van der Waals surface area contributed by atoms with Crippen molar-refractivity contribution in [1.29, 1.82) is 0 Å². The molecule has 2 atom stereocenters. The van der Waals surface area contributed by atoms with Crippen LogP contribution in [0.2, 0.25) is 0 Å². The minimum Gasteiger partial charge on any atom is -0.389 e. The summed E-state index contributed by atoms with van der Waals surface area (Å²) in [6.07, 6.45) is 5.39. The average Bonchev–Trinajstić information content (AvgIpc) is 2.23. The maximum absolute atomic E-state index is 11.3. The number of carbonyl (C=O) groups is 1. The first kappa shape index (κ1) is 13.2. The lowest BCUT2D eigenvalue weighted by Gasteiger charge is -2.41.